The molecule has 1 aliphatic heterocycles. The maximum Gasteiger partial charge on any atom is 0.184 e. The van der Waals surface area contributed by atoms with E-state index in [1.165, 1.54) is 11.1 Å². The maximum absolute atomic E-state index is 6.22. The number of amidine groups is 1. The minimum absolute atomic E-state index is 0.0215. The zero-order valence-electron chi connectivity index (χ0n) is 15.3. The van der Waals surface area contributed by atoms with Gasteiger partial charge in [-0.15, -0.1) is 0 Å². The minimum atomic E-state index is -0.568. The van der Waals surface area contributed by atoms with Crippen molar-refractivity contribution in [1.82, 2.24) is 0 Å². The van der Waals surface area contributed by atoms with Crippen molar-refractivity contribution in [2.24, 2.45) is 33.0 Å². The van der Waals surface area contributed by atoms with Crippen molar-refractivity contribution in [3.05, 3.63) is 33.8 Å². The quantitative estimate of drug-likeness (QED) is 0.768. The Morgan fingerprint density at radius 2 is 1.88 bits per heavy atom. The van der Waals surface area contributed by atoms with Crippen molar-refractivity contribution >= 4 is 27.5 Å². The molecule has 1 aromatic rings. The predicted octanol–water partition coefficient (Wildman–Crippen LogP) is 4.06. The maximum atomic E-state index is 6.22. The topological polar surface area (TPSA) is 60.0 Å². The van der Waals surface area contributed by atoms with Gasteiger partial charge in [0, 0.05) is 22.6 Å². The minimum Gasteiger partial charge on any atom is -0.382 e. The van der Waals surface area contributed by atoms with E-state index in [0.717, 1.165) is 29.4 Å². The van der Waals surface area contributed by atoms with Gasteiger partial charge in [0.2, 0.25) is 0 Å². The van der Waals surface area contributed by atoms with Gasteiger partial charge in [0.15, 0.2) is 5.66 Å². The number of fused-ring (bicyclic) bond motifs is 3. The molecule has 2 aliphatic carbocycles. The summed E-state index contributed by atoms with van der Waals surface area (Å²) in [7, 11) is 1.83. The molecule has 0 radical (unpaired) electrons. The van der Waals surface area contributed by atoms with Gasteiger partial charge in [-0.1, -0.05) is 35.8 Å². The van der Waals surface area contributed by atoms with Crippen LogP contribution in [0, 0.1) is 17.3 Å². The molecule has 1 heterocycles. The first kappa shape index (κ1) is 17.2. The van der Waals surface area contributed by atoms with Gasteiger partial charge in [-0.25, -0.2) is 4.99 Å². The number of ether oxygens (including phenoxy) is 1. The highest BCUT2D eigenvalue weighted by molar-refractivity contribution is 9.10. The third-order valence-electron chi connectivity index (χ3n) is 6.52. The molecule has 4 rings (SSSR count). The van der Waals surface area contributed by atoms with Crippen LogP contribution in [0.1, 0.15) is 44.7 Å². The van der Waals surface area contributed by atoms with E-state index in [1.807, 2.05) is 14.0 Å². The van der Waals surface area contributed by atoms with Gasteiger partial charge in [0.25, 0.3) is 0 Å². The second-order valence-electron chi connectivity index (χ2n) is 8.19. The molecule has 1 aromatic carbocycles. The Kier molecular flexibility index (Phi) is 3.89. The van der Waals surface area contributed by atoms with E-state index in [-0.39, 0.29) is 5.41 Å². The monoisotopic (exact) mass is 403 g/mol. The van der Waals surface area contributed by atoms with Crippen molar-refractivity contribution in [1.29, 1.82) is 0 Å². The molecule has 2 spiro atoms. The fourth-order valence-corrected chi connectivity index (χ4v) is 6.10. The lowest BCUT2D eigenvalue weighted by atomic mass is 9.59. The molecule has 1 saturated carbocycles. The molecule has 0 bridgehead atoms. The first-order valence-corrected chi connectivity index (χ1v) is 9.85. The summed E-state index contributed by atoms with van der Waals surface area (Å²) in [5, 5.41) is 0. The van der Waals surface area contributed by atoms with Crippen LogP contribution in [0.5, 0.6) is 0 Å². The van der Waals surface area contributed by atoms with E-state index < -0.39 is 5.66 Å². The number of hydrogen-bond acceptors (Lipinski definition) is 4. The Morgan fingerprint density at radius 1 is 1.20 bits per heavy atom. The Morgan fingerprint density at radius 3 is 2.44 bits per heavy atom. The van der Waals surface area contributed by atoms with Crippen molar-refractivity contribution in [3.63, 3.8) is 0 Å². The Bertz CT molecular complexity index is 755. The molecule has 25 heavy (non-hydrogen) atoms. The normalized spacial score (nSPS) is 39.6. The van der Waals surface area contributed by atoms with Crippen molar-refractivity contribution < 1.29 is 4.74 Å². The predicted molar refractivity (Wildman–Crippen MR) is 105 cm³/mol. The zero-order chi connectivity index (χ0) is 18.0. The van der Waals surface area contributed by atoms with E-state index >= 15 is 0 Å². The SMILES string of the molecule is COC1[C@H](C)CC2(Cc3ccc(Br)cc3C23N=C(C)C(N)=N3)C[C@@H]1C. The van der Waals surface area contributed by atoms with Crippen molar-refractivity contribution in [3.8, 4) is 0 Å². The average molecular weight is 404 g/mol. The molecule has 5 atom stereocenters. The smallest absolute Gasteiger partial charge is 0.184 e. The van der Waals surface area contributed by atoms with Gasteiger partial charge in [0.05, 0.1) is 11.8 Å². The highest BCUT2D eigenvalue weighted by Gasteiger charge is 2.62. The van der Waals surface area contributed by atoms with Gasteiger partial charge in [-0.2, -0.15) is 0 Å². The standard InChI is InChI=1S/C20H26BrN3O/c1-11-8-19(9-12(2)17(11)25-4)10-14-5-6-15(21)7-16(14)20(19)23-13(3)18(22)24-20/h5-7,11-12,17H,8-10H2,1-4H3,(H2,22,24)/t11-,12+,17?,19?,20?. The van der Waals surface area contributed by atoms with Gasteiger partial charge in [0.1, 0.15) is 5.84 Å². The molecule has 5 heteroatoms. The fraction of sp³-hybridized carbons (Fsp3) is 0.600. The van der Waals surface area contributed by atoms with Crippen molar-refractivity contribution in [2.45, 2.75) is 51.8 Å². The summed E-state index contributed by atoms with van der Waals surface area (Å²) in [6, 6.07) is 6.54. The van der Waals surface area contributed by atoms with Crippen LogP contribution in [0.3, 0.4) is 0 Å². The number of nitrogens with two attached hydrogens (primary N) is 1. The number of halogens is 1. The number of aliphatic imine (C=N–C) groups is 2. The van der Waals surface area contributed by atoms with Crippen LogP contribution in [-0.4, -0.2) is 24.8 Å². The highest BCUT2D eigenvalue weighted by Crippen LogP contribution is 2.63. The fourth-order valence-electron chi connectivity index (χ4n) is 5.74. The molecule has 2 N–H and O–H groups in total. The molecular formula is C20H26BrN3O. The highest BCUT2D eigenvalue weighted by atomic mass is 79.9. The van der Waals surface area contributed by atoms with E-state index in [0.29, 0.717) is 23.8 Å². The van der Waals surface area contributed by atoms with Crippen LogP contribution in [-0.2, 0) is 16.8 Å². The number of nitrogens with zero attached hydrogens (tertiary/aromatic N) is 2. The van der Waals surface area contributed by atoms with Crippen LogP contribution in [0.4, 0.5) is 0 Å². The molecule has 1 fully saturated rings. The lowest BCUT2D eigenvalue weighted by Gasteiger charge is -2.49. The number of rotatable bonds is 1. The van der Waals surface area contributed by atoms with Gasteiger partial charge in [-0.3, -0.25) is 4.99 Å². The number of methoxy groups -OCH3 is 1. The molecule has 0 aromatic heterocycles. The van der Waals surface area contributed by atoms with E-state index in [4.69, 9.17) is 20.5 Å². The summed E-state index contributed by atoms with van der Waals surface area (Å²) < 4.78 is 6.88. The molecule has 3 unspecified atom stereocenters. The Labute approximate surface area is 158 Å². The second kappa shape index (κ2) is 5.65. The van der Waals surface area contributed by atoms with E-state index in [2.05, 4.69) is 48.0 Å². The second-order valence-corrected chi connectivity index (χ2v) is 9.10. The summed E-state index contributed by atoms with van der Waals surface area (Å²) in [5.74, 6) is 1.52. The molecule has 4 nitrogen and oxygen atoms in total. The van der Waals surface area contributed by atoms with Crippen LogP contribution in [0.25, 0.3) is 0 Å². The van der Waals surface area contributed by atoms with E-state index in [1.54, 1.807) is 0 Å². The van der Waals surface area contributed by atoms with Crippen molar-refractivity contribution in [2.75, 3.05) is 7.11 Å². The first-order chi connectivity index (χ1) is 11.8. The van der Waals surface area contributed by atoms with Gasteiger partial charge >= 0.3 is 0 Å². The van der Waals surface area contributed by atoms with Crippen LogP contribution >= 0.6 is 15.9 Å². The lowest BCUT2D eigenvalue weighted by molar-refractivity contribution is -0.0729. The van der Waals surface area contributed by atoms with Crippen LogP contribution < -0.4 is 5.73 Å². The molecule has 134 valence electrons. The number of benzene rings is 1. The van der Waals surface area contributed by atoms with Crippen LogP contribution in [0.2, 0.25) is 0 Å². The Balaban J connectivity index is 1.90. The summed E-state index contributed by atoms with van der Waals surface area (Å²) in [6.45, 7) is 6.58. The summed E-state index contributed by atoms with van der Waals surface area (Å²) in [5.41, 5.74) is 9.07. The summed E-state index contributed by atoms with van der Waals surface area (Å²) in [4.78, 5) is 10.1. The molecule has 0 saturated heterocycles. The largest absolute Gasteiger partial charge is 0.382 e. The zero-order valence-corrected chi connectivity index (χ0v) is 16.9. The third-order valence-corrected chi connectivity index (χ3v) is 7.01. The Hall–Kier alpha value is -1.20. The average Bonchev–Trinajstić information content (AvgIpc) is 2.96. The van der Waals surface area contributed by atoms with Crippen LogP contribution in [0.15, 0.2) is 32.7 Å². The molecule has 3 aliphatic rings. The molecule has 0 amide bonds. The summed E-state index contributed by atoms with van der Waals surface area (Å²) >= 11 is 3.63. The first-order valence-electron chi connectivity index (χ1n) is 9.06. The third kappa shape index (κ3) is 2.28. The van der Waals surface area contributed by atoms with Gasteiger partial charge < -0.3 is 10.5 Å². The summed E-state index contributed by atoms with van der Waals surface area (Å²) in [6.07, 6.45) is 3.41. The van der Waals surface area contributed by atoms with Gasteiger partial charge in [-0.05, 0) is 55.7 Å². The van der Waals surface area contributed by atoms with E-state index in [9.17, 15) is 0 Å². The molecular weight excluding hydrogens is 378 g/mol. The lowest BCUT2D eigenvalue weighted by Crippen LogP contribution is -2.49. The number of hydrogen-bond donors (Lipinski definition) is 1.